The molecule has 2 nitrogen and oxygen atoms in total. The summed E-state index contributed by atoms with van der Waals surface area (Å²) in [5.41, 5.74) is 1.95. The Hall–Kier alpha value is -0.540. The summed E-state index contributed by atoms with van der Waals surface area (Å²) in [4.78, 5) is 10.3. The lowest BCUT2D eigenvalue weighted by molar-refractivity contribution is -0.107. The molecule has 0 radical (unpaired) electrons. The largest absolute Gasteiger partial charge is 0.388 e. The summed E-state index contributed by atoms with van der Waals surface area (Å²) in [6.45, 7) is 0. The van der Waals surface area contributed by atoms with Crippen molar-refractivity contribution < 1.29 is 4.79 Å². The van der Waals surface area contributed by atoms with Crippen molar-refractivity contribution >= 4 is 39.5 Å². The Kier molecular flexibility index (Phi) is 4.42. The van der Waals surface area contributed by atoms with Gasteiger partial charge in [-0.15, -0.1) is 0 Å². The summed E-state index contributed by atoms with van der Waals surface area (Å²) in [5, 5.41) is 3.73. The fraction of sp³-hybridized carbons (Fsp3) is 0.300. The minimum Gasteiger partial charge on any atom is -0.388 e. The molecule has 76 valence electrons. The van der Waals surface area contributed by atoms with Crippen LogP contribution in [0.1, 0.15) is 12.0 Å². The molecule has 0 amide bonds. The van der Waals surface area contributed by atoms with E-state index in [1.807, 2.05) is 19.2 Å². The summed E-state index contributed by atoms with van der Waals surface area (Å²) in [6.07, 6.45) is 2.06. The van der Waals surface area contributed by atoms with Crippen LogP contribution in [0.15, 0.2) is 16.6 Å². The first-order chi connectivity index (χ1) is 6.70. The summed E-state index contributed by atoms with van der Waals surface area (Å²) in [7, 11) is 1.84. The Labute approximate surface area is 96.8 Å². The van der Waals surface area contributed by atoms with Gasteiger partial charge in [-0.2, -0.15) is 0 Å². The van der Waals surface area contributed by atoms with Crippen molar-refractivity contribution in [2.45, 2.75) is 12.8 Å². The van der Waals surface area contributed by atoms with Crippen LogP contribution in [-0.2, 0) is 11.2 Å². The van der Waals surface area contributed by atoms with E-state index in [1.54, 1.807) is 0 Å². The van der Waals surface area contributed by atoms with Gasteiger partial charge in [0, 0.05) is 23.6 Å². The SMILES string of the molecule is CNc1ccc(Br)c(Cl)c1CCC=O. The molecule has 0 aliphatic heterocycles. The van der Waals surface area contributed by atoms with Gasteiger partial charge in [-0.05, 0) is 40.0 Å². The number of rotatable bonds is 4. The molecular formula is C10H11BrClNO. The first kappa shape index (κ1) is 11.5. The third-order valence-corrected chi connectivity index (χ3v) is 3.30. The summed E-state index contributed by atoms with van der Waals surface area (Å²) in [6, 6.07) is 3.83. The van der Waals surface area contributed by atoms with Gasteiger partial charge in [0.2, 0.25) is 0 Å². The van der Waals surface area contributed by atoms with E-state index in [1.165, 1.54) is 0 Å². The molecule has 0 spiro atoms. The predicted molar refractivity (Wildman–Crippen MR) is 63.1 cm³/mol. The Balaban J connectivity index is 3.07. The quantitative estimate of drug-likeness (QED) is 0.855. The molecule has 0 aliphatic rings. The second-order valence-electron chi connectivity index (χ2n) is 2.84. The standard InChI is InChI=1S/C10H11BrClNO/c1-13-9-5-4-8(11)10(12)7(9)3-2-6-14/h4-6,13H,2-3H2,1H3. The highest BCUT2D eigenvalue weighted by Gasteiger charge is 2.08. The molecule has 0 aromatic heterocycles. The molecule has 0 aliphatic carbocycles. The van der Waals surface area contributed by atoms with E-state index in [0.717, 1.165) is 22.0 Å². The summed E-state index contributed by atoms with van der Waals surface area (Å²) in [5.74, 6) is 0. The van der Waals surface area contributed by atoms with Gasteiger partial charge in [-0.25, -0.2) is 0 Å². The van der Waals surface area contributed by atoms with E-state index < -0.39 is 0 Å². The number of hydrogen-bond donors (Lipinski definition) is 1. The molecule has 1 N–H and O–H groups in total. The van der Waals surface area contributed by atoms with E-state index in [2.05, 4.69) is 21.2 Å². The monoisotopic (exact) mass is 275 g/mol. The van der Waals surface area contributed by atoms with Crippen LogP contribution in [0.5, 0.6) is 0 Å². The average Bonchev–Trinajstić information content (AvgIpc) is 2.20. The number of hydrogen-bond acceptors (Lipinski definition) is 2. The smallest absolute Gasteiger partial charge is 0.120 e. The number of nitrogens with one attached hydrogen (secondary N) is 1. The molecule has 0 unspecified atom stereocenters. The highest BCUT2D eigenvalue weighted by molar-refractivity contribution is 9.10. The van der Waals surface area contributed by atoms with Gasteiger partial charge in [0.25, 0.3) is 0 Å². The van der Waals surface area contributed by atoms with Gasteiger partial charge in [0.05, 0.1) is 5.02 Å². The van der Waals surface area contributed by atoms with Crippen LogP contribution in [0.3, 0.4) is 0 Å². The maximum absolute atomic E-state index is 10.3. The summed E-state index contributed by atoms with van der Waals surface area (Å²) < 4.78 is 0.860. The van der Waals surface area contributed by atoms with Crippen molar-refractivity contribution in [3.8, 4) is 0 Å². The first-order valence-corrected chi connectivity index (χ1v) is 5.46. The lowest BCUT2D eigenvalue weighted by Crippen LogP contribution is -1.97. The second-order valence-corrected chi connectivity index (χ2v) is 4.08. The predicted octanol–water partition coefficient (Wildman–Crippen LogP) is 3.28. The maximum Gasteiger partial charge on any atom is 0.120 e. The third-order valence-electron chi connectivity index (χ3n) is 1.98. The molecule has 0 heterocycles. The number of halogens is 2. The van der Waals surface area contributed by atoms with Gasteiger partial charge < -0.3 is 10.1 Å². The van der Waals surface area contributed by atoms with Crippen molar-refractivity contribution in [1.82, 2.24) is 0 Å². The average molecular weight is 277 g/mol. The van der Waals surface area contributed by atoms with Crippen molar-refractivity contribution in [2.75, 3.05) is 12.4 Å². The molecule has 4 heteroatoms. The number of carbonyl (C=O) groups excluding carboxylic acids is 1. The van der Waals surface area contributed by atoms with Gasteiger partial charge in [-0.1, -0.05) is 11.6 Å². The van der Waals surface area contributed by atoms with Crippen LogP contribution >= 0.6 is 27.5 Å². The molecule has 1 rings (SSSR count). The van der Waals surface area contributed by atoms with E-state index in [9.17, 15) is 4.79 Å². The van der Waals surface area contributed by atoms with Gasteiger partial charge in [-0.3, -0.25) is 0 Å². The van der Waals surface area contributed by atoms with E-state index in [0.29, 0.717) is 17.9 Å². The second kappa shape index (κ2) is 5.37. The van der Waals surface area contributed by atoms with E-state index >= 15 is 0 Å². The first-order valence-electron chi connectivity index (χ1n) is 4.29. The Morgan fingerprint density at radius 3 is 2.86 bits per heavy atom. The Morgan fingerprint density at radius 2 is 2.29 bits per heavy atom. The van der Waals surface area contributed by atoms with Gasteiger partial charge >= 0.3 is 0 Å². The highest BCUT2D eigenvalue weighted by atomic mass is 79.9. The molecule has 0 bridgehead atoms. The zero-order chi connectivity index (χ0) is 10.6. The van der Waals surface area contributed by atoms with Crippen LogP contribution in [0.25, 0.3) is 0 Å². The maximum atomic E-state index is 10.3. The van der Waals surface area contributed by atoms with Crippen molar-refractivity contribution in [2.24, 2.45) is 0 Å². The number of anilines is 1. The molecule has 0 fully saturated rings. The third kappa shape index (κ3) is 2.49. The number of benzene rings is 1. The lowest BCUT2D eigenvalue weighted by atomic mass is 10.1. The Bertz CT molecular complexity index is 341. The molecular weight excluding hydrogens is 265 g/mol. The van der Waals surface area contributed by atoms with E-state index in [4.69, 9.17) is 11.6 Å². The van der Waals surface area contributed by atoms with Crippen molar-refractivity contribution in [1.29, 1.82) is 0 Å². The van der Waals surface area contributed by atoms with Crippen LogP contribution in [-0.4, -0.2) is 13.3 Å². The van der Waals surface area contributed by atoms with Crippen molar-refractivity contribution in [3.05, 3.63) is 27.2 Å². The van der Waals surface area contributed by atoms with Crippen LogP contribution in [0, 0.1) is 0 Å². The fourth-order valence-corrected chi connectivity index (χ4v) is 1.91. The normalized spacial score (nSPS) is 9.93. The molecule has 1 aromatic rings. The minimum atomic E-state index is 0.491. The van der Waals surface area contributed by atoms with Crippen LogP contribution in [0.4, 0.5) is 5.69 Å². The number of aldehydes is 1. The minimum absolute atomic E-state index is 0.491. The van der Waals surface area contributed by atoms with Gasteiger partial charge in [0.1, 0.15) is 6.29 Å². The zero-order valence-corrected chi connectivity index (χ0v) is 10.2. The fourth-order valence-electron chi connectivity index (χ4n) is 1.27. The number of carbonyl (C=O) groups is 1. The summed E-state index contributed by atoms with van der Waals surface area (Å²) >= 11 is 9.46. The molecule has 1 aromatic carbocycles. The topological polar surface area (TPSA) is 29.1 Å². The van der Waals surface area contributed by atoms with Crippen molar-refractivity contribution in [3.63, 3.8) is 0 Å². The zero-order valence-electron chi connectivity index (χ0n) is 7.81. The van der Waals surface area contributed by atoms with Crippen LogP contribution in [0.2, 0.25) is 5.02 Å². The molecule has 0 saturated carbocycles. The van der Waals surface area contributed by atoms with Crippen LogP contribution < -0.4 is 5.32 Å². The van der Waals surface area contributed by atoms with E-state index in [-0.39, 0.29) is 0 Å². The van der Waals surface area contributed by atoms with Gasteiger partial charge in [0.15, 0.2) is 0 Å². The lowest BCUT2D eigenvalue weighted by Gasteiger charge is -2.11. The highest BCUT2D eigenvalue weighted by Crippen LogP contribution is 2.32. The Morgan fingerprint density at radius 1 is 1.57 bits per heavy atom. The molecule has 14 heavy (non-hydrogen) atoms. The molecule has 0 saturated heterocycles. The molecule has 0 atom stereocenters.